The van der Waals surface area contributed by atoms with Crippen LogP contribution in [0.1, 0.15) is 85.8 Å². The van der Waals surface area contributed by atoms with Crippen LogP contribution in [0.25, 0.3) is 38.7 Å². The van der Waals surface area contributed by atoms with Gasteiger partial charge in [-0.25, -0.2) is 4.98 Å². The molecule has 0 spiro atoms. The maximum atomic E-state index is 14.9. The lowest BCUT2D eigenvalue weighted by Crippen LogP contribution is -2.45. The zero-order valence-corrected chi connectivity index (χ0v) is 39.5. The summed E-state index contributed by atoms with van der Waals surface area (Å²) in [5, 5.41) is 46.2. The van der Waals surface area contributed by atoms with E-state index in [0.29, 0.717) is 36.4 Å². The summed E-state index contributed by atoms with van der Waals surface area (Å²) < 4.78 is 24.9. The third-order valence-corrected chi connectivity index (χ3v) is 14.8. The molecule has 3 aromatic carbocycles. The number of aromatic nitrogens is 1. The predicted octanol–water partition coefficient (Wildman–Crippen LogP) is 6.50. The van der Waals surface area contributed by atoms with E-state index >= 15 is 0 Å². The summed E-state index contributed by atoms with van der Waals surface area (Å²) in [6.45, 7) is 18.2. The first-order valence-corrected chi connectivity index (χ1v) is 22.8. The number of benzene rings is 3. The fraction of sp³-hybridized carbons (Fsp3) is 0.529. The molecular formula is C51H65N3O11. The Morgan fingerprint density at radius 2 is 1.63 bits per heavy atom. The van der Waals surface area contributed by atoms with Crippen LogP contribution in [0, 0.1) is 30.6 Å². The molecular weight excluding hydrogens is 831 g/mol. The van der Waals surface area contributed by atoms with Crippen molar-refractivity contribution in [2.75, 3.05) is 32.1 Å². The standard InChI is InChI=1S/C51H65N3O11/c1-25(2)53(10)32-15-18-54(19-16-32)33-21-38(58)44-40(22-33)64-49-34-23-35(55)26(3)13-12-14-27(4)36(56)24-37(57)29(6)28(5)30(7)39(62-11)17-20-63-51(9)50(61)43-41(45(49)52-44)42(47(34)60)46(59)31(8)48(43)65-51/h12-14,17,20-22,25,27-30,32,36-37,39,56-57,59,61H,15-16,18-19,23-24H2,1-11H3/b14-12+,20-17+,26-13-/t27-,28-,29-,30-,36+,37+,39-,51-/m0/s1. The summed E-state index contributed by atoms with van der Waals surface area (Å²) in [4.78, 5) is 52.4. The number of phenolic OH excluding ortho intramolecular Hbond substituents is 1. The predicted molar refractivity (Wildman–Crippen MR) is 252 cm³/mol. The van der Waals surface area contributed by atoms with Gasteiger partial charge in [-0.2, -0.15) is 0 Å². The van der Waals surface area contributed by atoms with Gasteiger partial charge in [0.05, 0.1) is 40.7 Å². The van der Waals surface area contributed by atoms with E-state index in [1.807, 2.05) is 27.7 Å². The molecule has 8 atom stereocenters. The van der Waals surface area contributed by atoms with E-state index in [1.54, 1.807) is 51.3 Å². The maximum Gasteiger partial charge on any atom is 0.307 e. The summed E-state index contributed by atoms with van der Waals surface area (Å²) >= 11 is 0. The summed E-state index contributed by atoms with van der Waals surface area (Å²) in [6, 6.07) is 4.05. The van der Waals surface area contributed by atoms with Crippen molar-refractivity contribution in [3.05, 3.63) is 85.1 Å². The Labute approximate surface area is 379 Å². The van der Waals surface area contributed by atoms with Gasteiger partial charge < -0.3 is 48.9 Å². The molecule has 4 bridgehead atoms. The quantitative estimate of drug-likeness (QED) is 0.128. The lowest BCUT2D eigenvalue weighted by molar-refractivity contribution is -0.114. The second-order valence-corrected chi connectivity index (χ2v) is 19.1. The van der Waals surface area contributed by atoms with Gasteiger partial charge in [0.2, 0.25) is 5.43 Å². The number of fused-ring (bicyclic) bond motifs is 2. The van der Waals surface area contributed by atoms with Crippen LogP contribution in [-0.2, 0) is 20.7 Å². The lowest BCUT2D eigenvalue weighted by atomic mass is 9.77. The number of nitrogens with zero attached hydrogens (tertiary/aromatic N) is 3. The molecule has 65 heavy (non-hydrogen) atoms. The summed E-state index contributed by atoms with van der Waals surface area (Å²) in [7, 11) is 3.69. The van der Waals surface area contributed by atoms with E-state index in [9.17, 15) is 34.8 Å². The highest BCUT2D eigenvalue weighted by Gasteiger charge is 2.43. The smallest absolute Gasteiger partial charge is 0.307 e. The lowest BCUT2D eigenvalue weighted by Gasteiger charge is -2.39. The van der Waals surface area contributed by atoms with Gasteiger partial charge in [-0.1, -0.05) is 45.9 Å². The second-order valence-electron chi connectivity index (χ2n) is 19.1. The number of allylic oxidation sites excluding steroid dienone is 3. The summed E-state index contributed by atoms with van der Waals surface area (Å²) in [5.41, 5.74) is -0.215. The van der Waals surface area contributed by atoms with Gasteiger partial charge in [0.15, 0.2) is 33.7 Å². The second kappa shape index (κ2) is 18.5. The van der Waals surface area contributed by atoms with Gasteiger partial charge in [-0.05, 0) is 77.0 Å². The van der Waals surface area contributed by atoms with Crippen molar-refractivity contribution in [2.45, 2.75) is 124 Å². The van der Waals surface area contributed by atoms with E-state index in [0.717, 1.165) is 12.8 Å². The van der Waals surface area contributed by atoms with Crippen LogP contribution in [-0.4, -0.2) is 99.5 Å². The average Bonchev–Trinajstić information content (AvgIpc) is 3.54. The van der Waals surface area contributed by atoms with Crippen molar-refractivity contribution < 1.29 is 43.8 Å². The third-order valence-electron chi connectivity index (χ3n) is 14.8. The van der Waals surface area contributed by atoms with Crippen LogP contribution in [0.4, 0.5) is 5.69 Å². The van der Waals surface area contributed by atoms with Crippen LogP contribution in [0.3, 0.4) is 0 Å². The van der Waals surface area contributed by atoms with Gasteiger partial charge in [0.1, 0.15) is 17.0 Å². The highest BCUT2D eigenvalue weighted by atomic mass is 16.7. The Kier molecular flexibility index (Phi) is 13.6. The molecule has 0 unspecified atom stereocenters. The minimum Gasteiger partial charge on any atom is -0.507 e. The Bertz CT molecular complexity index is 2770. The average molecular weight is 896 g/mol. The molecule has 7 rings (SSSR count). The Morgan fingerprint density at radius 3 is 2.29 bits per heavy atom. The Morgan fingerprint density at radius 1 is 0.938 bits per heavy atom. The van der Waals surface area contributed by atoms with E-state index in [2.05, 4.69) is 30.7 Å². The van der Waals surface area contributed by atoms with Crippen LogP contribution < -0.4 is 25.7 Å². The largest absolute Gasteiger partial charge is 0.507 e. The number of aromatic hydroxyl groups is 1. The number of carbonyl (C=O) groups excluding carboxylic acids is 1. The number of phenols is 1. The van der Waals surface area contributed by atoms with E-state index < -0.39 is 58.7 Å². The minimum absolute atomic E-state index is 0.0200. The number of ketones is 1. The normalized spacial score (nSPS) is 29.5. The van der Waals surface area contributed by atoms with Crippen molar-refractivity contribution in [2.24, 2.45) is 23.7 Å². The molecule has 14 nitrogen and oxygen atoms in total. The van der Waals surface area contributed by atoms with Crippen LogP contribution >= 0.6 is 0 Å². The summed E-state index contributed by atoms with van der Waals surface area (Å²) in [5.74, 6) is -3.97. The maximum absolute atomic E-state index is 14.9. The molecule has 1 aromatic heterocycles. The molecule has 3 aliphatic rings. The van der Waals surface area contributed by atoms with Crippen LogP contribution in [0.5, 0.6) is 11.5 Å². The molecule has 0 aliphatic carbocycles. The van der Waals surface area contributed by atoms with Gasteiger partial charge in [-0.3, -0.25) is 14.4 Å². The number of hydrogen-bond acceptors (Lipinski definition) is 14. The number of aliphatic hydroxyl groups is 3. The van der Waals surface area contributed by atoms with E-state index in [-0.39, 0.29) is 85.2 Å². The number of anilines is 1. The number of piperidine rings is 1. The number of ether oxygens (including phenoxy) is 3. The number of hydrogen-bond donors (Lipinski definition) is 4. The zero-order chi connectivity index (χ0) is 47.4. The van der Waals surface area contributed by atoms with Crippen molar-refractivity contribution in [1.29, 1.82) is 0 Å². The van der Waals surface area contributed by atoms with Gasteiger partial charge in [0.25, 0.3) is 0 Å². The first-order valence-electron chi connectivity index (χ1n) is 22.8. The molecule has 4 heterocycles. The fourth-order valence-electron chi connectivity index (χ4n) is 9.62. The molecule has 1 saturated heterocycles. The Hall–Kier alpha value is -5.28. The number of rotatable bonds is 4. The first-order chi connectivity index (χ1) is 30.7. The molecule has 0 saturated carbocycles. The Balaban J connectivity index is 1.45. The highest BCUT2D eigenvalue weighted by molar-refractivity contribution is 6.12. The van der Waals surface area contributed by atoms with E-state index in [1.165, 1.54) is 19.3 Å². The van der Waals surface area contributed by atoms with Crippen molar-refractivity contribution in [3.8, 4) is 11.5 Å². The number of aliphatic hydroxyl groups excluding tert-OH is 3. The fourth-order valence-corrected chi connectivity index (χ4v) is 9.62. The zero-order valence-electron chi connectivity index (χ0n) is 39.5. The number of methoxy groups -OCH3 is 1. The van der Waals surface area contributed by atoms with Crippen molar-refractivity contribution in [1.82, 2.24) is 9.88 Å². The monoisotopic (exact) mass is 895 g/mol. The molecule has 14 heteroatoms. The molecule has 0 amide bonds. The highest BCUT2D eigenvalue weighted by Crippen LogP contribution is 2.42. The molecule has 1 fully saturated rings. The molecule has 0 radical (unpaired) electrons. The molecule has 4 N–H and O–H groups in total. The molecule has 4 aromatic rings. The van der Waals surface area contributed by atoms with Gasteiger partial charge >= 0.3 is 5.79 Å². The molecule has 3 aliphatic heterocycles. The number of carbonyl (C=O) groups is 1. The van der Waals surface area contributed by atoms with E-state index in [4.69, 9.17) is 23.6 Å². The third kappa shape index (κ3) is 8.78. The molecule has 350 valence electrons. The van der Waals surface area contributed by atoms with Crippen LogP contribution in [0.2, 0.25) is 0 Å². The number of Topliss-reactive ketones (excluding diaryl/α,β-unsaturated/α-hetero) is 1. The SMILES string of the molecule is CO[C@H]1/C=C/O[C@@]2(C)Oc3c(C)c(O)c4c(=O)c(c5oc6cc(N7CCC(N(C)C(C)C)CC7)cc(=O)c6nc5c4c3=C2O)CC(=O)/C(C)=C\C=C\[C@H](C)[C@H](O)C[C@@H](O)[C@@H](C)[C@H](C)[C@@H]1C. The van der Waals surface area contributed by atoms with Crippen molar-refractivity contribution >= 4 is 50.2 Å². The minimum atomic E-state index is -1.87. The summed E-state index contributed by atoms with van der Waals surface area (Å²) in [6.07, 6.45) is 7.33. The van der Waals surface area contributed by atoms with Gasteiger partial charge in [-0.15, -0.1) is 0 Å². The first kappa shape index (κ1) is 47.7. The van der Waals surface area contributed by atoms with Gasteiger partial charge in [0, 0.05) is 86.7 Å². The van der Waals surface area contributed by atoms with Crippen molar-refractivity contribution in [3.63, 3.8) is 0 Å². The topological polar surface area (TPSA) is 192 Å². The van der Waals surface area contributed by atoms with Crippen LogP contribution in [0.15, 0.2) is 62.3 Å².